The molecule has 11 heteroatoms. The number of fused-ring (bicyclic) bond motifs is 1. The first-order chi connectivity index (χ1) is 15.4. The van der Waals surface area contributed by atoms with E-state index in [2.05, 4.69) is 10.1 Å². The van der Waals surface area contributed by atoms with Crippen LogP contribution in [0.4, 0.5) is 13.2 Å². The van der Waals surface area contributed by atoms with Crippen molar-refractivity contribution in [3.05, 3.63) is 64.3 Å². The lowest BCUT2D eigenvalue weighted by molar-refractivity contribution is -0.137. The van der Waals surface area contributed by atoms with E-state index >= 15 is 0 Å². The largest absolute Gasteiger partial charge is 0.463 e. The highest BCUT2D eigenvalue weighted by atomic mass is 32.2. The molecule has 0 amide bonds. The fourth-order valence-corrected chi connectivity index (χ4v) is 4.60. The van der Waals surface area contributed by atoms with Crippen LogP contribution < -0.4 is 5.43 Å². The second-order valence-electron chi connectivity index (χ2n) is 7.50. The fraction of sp³-hybridized carbons (Fsp3) is 0.227. The van der Waals surface area contributed by atoms with E-state index in [-0.39, 0.29) is 32.9 Å². The summed E-state index contributed by atoms with van der Waals surface area (Å²) in [5, 5.41) is 4.21. The van der Waals surface area contributed by atoms with Gasteiger partial charge in [-0.25, -0.2) is 8.42 Å². The standard InChI is InChI=1S/C22H18F3N3O4S/c1-4-33(30,31)18-7-13(19-12(2)10-28(3)27-19)9-26-20(18)16-11-32-17-8-14(22(23,24)25)5-6-15(17)21(16)29/h5-11H,4H2,1-3H3. The van der Waals surface area contributed by atoms with Crippen LogP contribution in [0.25, 0.3) is 33.5 Å². The number of aryl methyl sites for hydroxylation is 2. The fourth-order valence-electron chi connectivity index (χ4n) is 3.53. The van der Waals surface area contributed by atoms with Gasteiger partial charge in [0.05, 0.1) is 38.5 Å². The lowest BCUT2D eigenvalue weighted by Crippen LogP contribution is -2.13. The van der Waals surface area contributed by atoms with Crippen LogP contribution in [0.2, 0.25) is 0 Å². The molecular formula is C22H18F3N3O4S. The van der Waals surface area contributed by atoms with Gasteiger partial charge in [0, 0.05) is 25.0 Å². The molecule has 0 unspecified atom stereocenters. The van der Waals surface area contributed by atoms with Crippen LogP contribution in [0.1, 0.15) is 18.1 Å². The van der Waals surface area contributed by atoms with Crippen molar-refractivity contribution in [1.82, 2.24) is 14.8 Å². The zero-order valence-corrected chi connectivity index (χ0v) is 18.6. The molecule has 0 radical (unpaired) electrons. The van der Waals surface area contributed by atoms with Crippen LogP contribution in [0, 0.1) is 6.92 Å². The predicted molar refractivity (Wildman–Crippen MR) is 115 cm³/mol. The van der Waals surface area contributed by atoms with E-state index in [4.69, 9.17) is 4.42 Å². The number of rotatable bonds is 4. The molecule has 33 heavy (non-hydrogen) atoms. The lowest BCUT2D eigenvalue weighted by Gasteiger charge is -2.11. The number of halogens is 3. The molecule has 0 aliphatic heterocycles. The first-order valence-electron chi connectivity index (χ1n) is 9.79. The van der Waals surface area contributed by atoms with Crippen LogP contribution >= 0.6 is 0 Å². The monoisotopic (exact) mass is 477 g/mol. The maximum atomic E-state index is 13.1. The summed E-state index contributed by atoms with van der Waals surface area (Å²) in [5.74, 6) is -0.250. The van der Waals surface area contributed by atoms with Crippen molar-refractivity contribution in [3.8, 4) is 22.5 Å². The third-order valence-electron chi connectivity index (χ3n) is 5.21. The van der Waals surface area contributed by atoms with E-state index in [1.807, 2.05) is 6.92 Å². The highest BCUT2D eigenvalue weighted by Crippen LogP contribution is 2.33. The van der Waals surface area contributed by atoms with Gasteiger partial charge in [0.2, 0.25) is 5.43 Å². The summed E-state index contributed by atoms with van der Waals surface area (Å²) in [7, 11) is -2.11. The molecule has 3 aromatic heterocycles. The molecule has 0 saturated heterocycles. The highest BCUT2D eigenvalue weighted by Gasteiger charge is 2.31. The molecule has 7 nitrogen and oxygen atoms in total. The third-order valence-corrected chi connectivity index (χ3v) is 6.95. The Kier molecular flexibility index (Phi) is 5.39. The first-order valence-corrected chi connectivity index (χ1v) is 11.4. The van der Waals surface area contributed by atoms with Crippen molar-refractivity contribution >= 4 is 20.8 Å². The Morgan fingerprint density at radius 2 is 1.88 bits per heavy atom. The SMILES string of the molecule is CCS(=O)(=O)c1cc(-c2nn(C)cc2C)cnc1-c1coc2cc(C(F)(F)F)ccc2c1=O. The van der Waals surface area contributed by atoms with Gasteiger partial charge < -0.3 is 4.42 Å². The molecule has 172 valence electrons. The molecule has 4 rings (SSSR count). The average Bonchev–Trinajstić information content (AvgIpc) is 3.10. The van der Waals surface area contributed by atoms with Crippen LogP contribution in [0.15, 0.2) is 57.0 Å². The van der Waals surface area contributed by atoms with Gasteiger partial charge >= 0.3 is 6.18 Å². The van der Waals surface area contributed by atoms with Gasteiger partial charge in [-0.05, 0) is 36.8 Å². The minimum absolute atomic E-state index is 0.119. The number of alkyl halides is 3. The highest BCUT2D eigenvalue weighted by molar-refractivity contribution is 7.91. The number of sulfone groups is 1. The average molecular weight is 477 g/mol. The summed E-state index contributed by atoms with van der Waals surface area (Å²) >= 11 is 0. The van der Waals surface area contributed by atoms with Crippen molar-refractivity contribution in [3.63, 3.8) is 0 Å². The van der Waals surface area contributed by atoms with Crippen molar-refractivity contribution in [2.75, 3.05) is 5.75 Å². The molecular weight excluding hydrogens is 459 g/mol. The zero-order valence-electron chi connectivity index (χ0n) is 17.8. The van der Waals surface area contributed by atoms with Crippen molar-refractivity contribution in [1.29, 1.82) is 0 Å². The molecule has 3 heterocycles. The summed E-state index contributed by atoms with van der Waals surface area (Å²) in [6, 6.07) is 3.90. The maximum Gasteiger partial charge on any atom is 0.416 e. The third kappa shape index (κ3) is 4.04. The lowest BCUT2D eigenvalue weighted by atomic mass is 10.1. The molecule has 1 aromatic carbocycles. The number of nitrogens with zero attached hydrogens (tertiary/aromatic N) is 3. The molecule has 0 aliphatic carbocycles. The number of hydrogen-bond donors (Lipinski definition) is 0. The zero-order chi connectivity index (χ0) is 24.1. The Morgan fingerprint density at radius 1 is 1.15 bits per heavy atom. The molecule has 0 bridgehead atoms. The number of hydrogen-bond acceptors (Lipinski definition) is 6. The number of aromatic nitrogens is 3. The van der Waals surface area contributed by atoms with E-state index in [9.17, 15) is 26.4 Å². The van der Waals surface area contributed by atoms with E-state index in [1.165, 1.54) is 19.2 Å². The Bertz CT molecular complexity index is 1550. The minimum atomic E-state index is -4.60. The summed E-state index contributed by atoms with van der Waals surface area (Å²) < 4.78 is 71.6. The topological polar surface area (TPSA) is 95.1 Å². The Balaban J connectivity index is 1.95. The Labute approximate surface area is 186 Å². The van der Waals surface area contributed by atoms with E-state index in [1.54, 1.807) is 17.9 Å². The van der Waals surface area contributed by atoms with Gasteiger partial charge in [0.25, 0.3) is 0 Å². The van der Waals surface area contributed by atoms with Gasteiger partial charge in [0.15, 0.2) is 9.84 Å². The minimum Gasteiger partial charge on any atom is -0.463 e. The number of benzene rings is 1. The van der Waals surface area contributed by atoms with Gasteiger partial charge in [-0.1, -0.05) is 6.92 Å². The molecule has 0 spiro atoms. The quantitative estimate of drug-likeness (QED) is 0.433. The van der Waals surface area contributed by atoms with Gasteiger partial charge in [-0.2, -0.15) is 18.3 Å². The van der Waals surface area contributed by atoms with E-state index in [0.29, 0.717) is 11.3 Å². The number of pyridine rings is 1. The Morgan fingerprint density at radius 3 is 2.48 bits per heavy atom. The maximum absolute atomic E-state index is 13.1. The summed E-state index contributed by atoms with van der Waals surface area (Å²) in [5.41, 5.74) is -0.432. The van der Waals surface area contributed by atoms with Crippen LogP contribution in [-0.2, 0) is 23.1 Å². The van der Waals surface area contributed by atoms with Crippen LogP contribution in [-0.4, -0.2) is 28.9 Å². The summed E-state index contributed by atoms with van der Waals surface area (Å²) in [6.45, 7) is 3.27. The molecule has 0 fully saturated rings. The summed E-state index contributed by atoms with van der Waals surface area (Å²) in [6.07, 6.45) is -0.498. The van der Waals surface area contributed by atoms with Crippen molar-refractivity contribution in [2.45, 2.75) is 24.9 Å². The summed E-state index contributed by atoms with van der Waals surface area (Å²) in [4.78, 5) is 17.1. The van der Waals surface area contributed by atoms with Gasteiger partial charge in [-0.15, -0.1) is 0 Å². The molecule has 0 aliphatic rings. The second kappa shape index (κ2) is 7.84. The van der Waals surface area contributed by atoms with Crippen molar-refractivity contribution in [2.24, 2.45) is 7.05 Å². The Hall–Kier alpha value is -3.47. The molecule has 0 saturated carbocycles. The predicted octanol–water partition coefficient (Wildman–Crippen LogP) is 4.38. The van der Waals surface area contributed by atoms with Gasteiger partial charge in [-0.3, -0.25) is 14.5 Å². The first kappa shape index (κ1) is 22.7. The molecule has 0 N–H and O–H groups in total. The second-order valence-corrected chi connectivity index (χ2v) is 9.74. The van der Waals surface area contributed by atoms with E-state index < -0.39 is 27.0 Å². The molecule has 4 aromatic rings. The van der Waals surface area contributed by atoms with Crippen LogP contribution in [0.3, 0.4) is 0 Å². The van der Waals surface area contributed by atoms with Crippen LogP contribution in [0.5, 0.6) is 0 Å². The smallest absolute Gasteiger partial charge is 0.416 e. The normalized spacial score (nSPS) is 12.4. The van der Waals surface area contributed by atoms with Gasteiger partial charge in [0.1, 0.15) is 11.8 Å². The molecule has 0 atom stereocenters. The van der Waals surface area contributed by atoms with Crippen molar-refractivity contribution < 1.29 is 26.0 Å². The van der Waals surface area contributed by atoms with E-state index in [0.717, 1.165) is 30.0 Å².